The Bertz CT molecular complexity index is 800. The summed E-state index contributed by atoms with van der Waals surface area (Å²) >= 11 is 6.02. The molecule has 1 nitrogen and oxygen atoms in total. The van der Waals surface area contributed by atoms with Crippen LogP contribution in [0.2, 0.25) is 5.02 Å². The van der Waals surface area contributed by atoms with Gasteiger partial charge in [0.2, 0.25) is 0 Å². The molecule has 0 heterocycles. The summed E-state index contributed by atoms with van der Waals surface area (Å²) in [5.41, 5.74) is 2.31. The Morgan fingerprint density at radius 3 is 2.50 bits per heavy atom. The molecule has 0 saturated carbocycles. The van der Waals surface area contributed by atoms with Gasteiger partial charge in [0.15, 0.2) is 5.78 Å². The minimum atomic E-state index is 0.0292. The summed E-state index contributed by atoms with van der Waals surface area (Å²) in [6, 6.07) is 19.1. The summed E-state index contributed by atoms with van der Waals surface area (Å²) in [4.78, 5) is 12.7. The molecule has 3 aromatic rings. The van der Waals surface area contributed by atoms with E-state index in [0.29, 0.717) is 10.6 Å². The standard InChI is InChI=1S/C18H13ClO/c1-12-11-14(9-10-17(12)19)18(20)16-8-4-6-13-5-2-3-7-15(13)16/h2-11H,1H3. The minimum absolute atomic E-state index is 0.0292. The van der Waals surface area contributed by atoms with E-state index >= 15 is 0 Å². The summed E-state index contributed by atoms with van der Waals surface area (Å²) in [5, 5.41) is 2.73. The Labute approximate surface area is 122 Å². The van der Waals surface area contributed by atoms with Crippen molar-refractivity contribution in [2.45, 2.75) is 6.92 Å². The van der Waals surface area contributed by atoms with Gasteiger partial charge in [0.1, 0.15) is 0 Å². The van der Waals surface area contributed by atoms with Crippen molar-refractivity contribution in [3.63, 3.8) is 0 Å². The van der Waals surface area contributed by atoms with Crippen LogP contribution in [0.25, 0.3) is 10.8 Å². The SMILES string of the molecule is Cc1cc(C(=O)c2cccc3ccccc23)ccc1Cl. The van der Waals surface area contributed by atoms with Crippen molar-refractivity contribution >= 4 is 28.2 Å². The second-order valence-corrected chi connectivity index (χ2v) is 5.23. The molecule has 0 saturated heterocycles. The maximum Gasteiger partial charge on any atom is 0.193 e. The first kappa shape index (κ1) is 12.9. The fourth-order valence-electron chi connectivity index (χ4n) is 2.36. The van der Waals surface area contributed by atoms with Crippen LogP contribution >= 0.6 is 11.6 Å². The molecule has 0 radical (unpaired) electrons. The fraction of sp³-hybridized carbons (Fsp3) is 0.0556. The molecule has 98 valence electrons. The lowest BCUT2D eigenvalue weighted by molar-refractivity contribution is 0.104. The second-order valence-electron chi connectivity index (χ2n) is 4.82. The second kappa shape index (κ2) is 5.10. The van der Waals surface area contributed by atoms with Crippen molar-refractivity contribution in [3.8, 4) is 0 Å². The summed E-state index contributed by atoms with van der Waals surface area (Å²) in [7, 11) is 0. The highest BCUT2D eigenvalue weighted by Crippen LogP contribution is 2.23. The summed E-state index contributed by atoms with van der Waals surface area (Å²) < 4.78 is 0. The lowest BCUT2D eigenvalue weighted by atomic mass is 9.96. The van der Waals surface area contributed by atoms with Gasteiger partial charge in [0.25, 0.3) is 0 Å². The van der Waals surface area contributed by atoms with Crippen LogP contribution < -0.4 is 0 Å². The predicted octanol–water partition coefficient (Wildman–Crippen LogP) is 5.03. The minimum Gasteiger partial charge on any atom is -0.289 e. The Balaban J connectivity index is 2.15. The highest BCUT2D eigenvalue weighted by atomic mass is 35.5. The van der Waals surface area contributed by atoms with Crippen molar-refractivity contribution in [1.29, 1.82) is 0 Å². The van der Waals surface area contributed by atoms with E-state index < -0.39 is 0 Å². The number of halogens is 1. The van der Waals surface area contributed by atoms with Gasteiger partial charge in [0.05, 0.1) is 0 Å². The van der Waals surface area contributed by atoms with Crippen LogP contribution in [-0.2, 0) is 0 Å². The van der Waals surface area contributed by atoms with Crippen molar-refractivity contribution < 1.29 is 4.79 Å². The first-order valence-electron chi connectivity index (χ1n) is 6.45. The predicted molar refractivity (Wildman–Crippen MR) is 83.6 cm³/mol. The summed E-state index contributed by atoms with van der Waals surface area (Å²) in [5.74, 6) is 0.0292. The number of carbonyl (C=O) groups excluding carboxylic acids is 1. The Morgan fingerprint density at radius 1 is 0.950 bits per heavy atom. The molecule has 20 heavy (non-hydrogen) atoms. The van der Waals surface area contributed by atoms with Gasteiger partial charge in [-0.2, -0.15) is 0 Å². The van der Waals surface area contributed by atoms with Crippen LogP contribution in [0.3, 0.4) is 0 Å². The van der Waals surface area contributed by atoms with Crippen LogP contribution in [0, 0.1) is 6.92 Å². The van der Waals surface area contributed by atoms with Gasteiger partial charge in [-0.3, -0.25) is 4.79 Å². The third-order valence-corrected chi connectivity index (χ3v) is 3.88. The molecule has 0 aliphatic carbocycles. The van der Waals surface area contributed by atoms with Gasteiger partial charge >= 0.3 is 0 Å². The van der Waals surface area contributed by atoms with Crippen LogP contribution in [0.5, 0.6) is 0 Å². The number of ketones is 1. The molecule has 0 fully saturated rings. The summed E-state index contributed by atoms with van der Waals surface area (Å²) in [6.45, 7) is 1.90. The van der Waals surface area contributed by atoms with Crippen LogP contribution in [-0.4, -0.2) is 5.78 Å². The normalized spacial score (nSPS) is 10.7. The number of hydrogen-bond donors (Lipinski definition) is 0. The molecule has 0 bridgehead atoms. The number of rotatable bonds is 2. The Morgan fingerprint density at radius 2 is 1.70 bits per heavy atom. The van der Waals surface area contributed by atoms with Crippen molar-refractivity contribution in [1.82, 2.24) is 0 Å². The smallest absolute Gasteiger partial charge is 0.193 e. The van der Waals surface area contributed by atoms with Gasteiger partial charge in [-0.05, 0) is 41.5 Å². The van der Waals surface area contributed by atoms with E-state index in [1.54, 1.807) is 12.1 Å². The van der Waals surface area contributed by atoms with Crippen molar-refractivity contribution in [2.24, 2.45) is 0 Å². The molecule has 3 aromatic carbocycles. The number of fused-ring (bicyclic) bond motifs is 1. The molecule has 0 aromatic heterocycles. The zero-order valence-corrected chi connectivity index (χ0v) is 11.8. The molecular weight excluding hydrogens is 268 g/mol. The topological polar surface area (TPSA) is 17.1 Å². The third kappa shape index (κ3) is 2.21. The zero-order chi connectivity index (χ0) is 14.1. The van der Waals surface area contributed by atoms with Gasteiger partial charge in [-0.25, -0.2) is 0 Å². The molecule has 2 heteroatoms. The molecule has 3 rings (SSSR count). The van der Waals surface area contributed by atoms with E-state index in [4.69, 9.17) is 11.6 Å². The summed E-state index contributed by atoms with van der Waals surface area (Å²) in [6.07, 6.45) is 0. The van der Waals surface area contributed by atoms with E-state index in [9.17, 15) is 4.79 Å². The van der Waals surface area contributed by atoms with Gasteiger partial charge < -0.3 is 0 Å². The molecule has 0 spiro atoms. The van der Waals surface area contributed by atoms with Gasteiger partial charge in [-0.1, -0.05) is 54.1 Å². The van der Waals surface area contributed by atoms with Gasteiger partial charge in [0, 0.05) is 16.1 Å². The lowest BCUT2D eigenvalue weighted by Gasteiger charge is -2.07. The highest BCUT2D eigenvalue weighted by molar-refractivity contribution is 6.31. The van der Waals surface area contributed by atoms with Crippen LogP contribution in [0.1, 0.15) is 21.5 Å². The van der Waals surface area contributed by atoms with Crippen molar-refractivity contribution in [2.75, 3.05) is 0 Å². The number of aryl methyl sites for hydroxylation is 1. The Kier molecular flexibility index (Phi) is 3.29. The molecule has 0 atom stereocenters. The Hall–Kier alpha value is -2.12. The van der Waals surface area contributed by atoms with E-state index in [0.717, 1.165) is 21.9 Å². The van der Waals surface area contributed by atoms with E-state index in [2.05, 4.69) is 0 Å². The van der Waals surface area contributed by atoms with E-state index in [1.165, 1.54) is 0 Å². The average Bonchev–Trinajstić information content (AvgIpc) is 2.49. The quantitative estimate of drug-likeness (QED) is 0.602. The lowest BCUT2D eigenvalue weighted by Crippen LogP contribution is -2.02. The zero-order valence-electron chi connectivity index (χ0n) is 11.1. The number of carbonyl (C=O) groups is 1. The average molecular weight is 281 g/mol. The largest absolute Gasteiger partial charge is 0.289 e. The highest BCUT2D eigenvalue weighted by Gasteiger charge is 2.12. The maximum absolute atomic E-state index is 12.7. The van der Waals surface area contributed by atoms with E-state index in [1.807, 2.05) is 55.5 Å². The monoisotopic (exact) mass is 280 g/mol. The first-order chi connectivity index (χ1) is 9.66. The molecule has 0 unspecified atom stereocenters. The number of benzene rings is 3. The van der Waals surface area contributed by atoms with Crippen LogP contribution in [0.4, 0.5) is 0 Å². The molecule has 0 amide bonds. The number of hydrogen-bond acceptors (Lipinski definition) is 1. The van der Waals surface area contributed by atoms with Gasteiger partial charge in [-0.15, -0.1) is 0 Å². The van der Waals surface area contributed by atoms with E-state index in [-0.39, 0.29) is 5.78 Å². The molecule has 0 aliphatic heterocycles. The maximum atomic E-state index is 12.7. The first-order valence-corrected chi connectivity index (χ1v) is 6.83. The van der Waals surface area contributed by atoms with Crippen LogP contribution in [0.15, 0.2) is 60.7 Å². The van der Waals surface area contributed by atoms with Crippen molar-refractivity contribution in [3.05, 3.63) is 82.4 Å². The molecular formula is C18H13ClO. The fourth-order valence-corrected chi connectivity index (χ4v) is 2.48. The molecule has 0 N–H and O–H groups in total. The molecule has 0 aliphatic rings. The third-order valence-electron chi connectivity index (χ3n) is 3.45.